The van der Waals surface area contributed by atoms with Crippen LogP contribution in [0.1, 0.15) is 33.4 Å². The Morgan fingerprint density at radius 3 is 2.36 bits per heavy atom. The van der Waals surface area contributed by atoms with E-state index >= 15 is 0 Å². The summed E-state index contributed by atoms with van der Waals surface area (Å²) >= 11 is 0. The van der Waals surface area contributed by atoms with E-state index in [1.54, 1.807) is 29.2 Å². The van der Waals surface area contributed by atoms with Crippen LogP contribution in [0.5, 0.6) is 0 Å². The normalized spacial score (nSPS) is 19.1. The van der Waals surface area contributed by atoms with Crippen LogP contribution in [-0.4, -0.2) is 33.1 Å². The second-order valence-electron chi connectivity index (χ2n) is 6.32. The molecule has 22 heavy (non-hydrogen) atoms. The van der Waals surface area contributed by atoms with E-state index in [2.05, 4.69) is 10.1 Å². The molecule has 0 N–H and O–H groups in total. The van der Waals surface area contributed by atoms with Gasteiger partial charge < -0.3 is 9.31 Å². The molecular weight excluding hydrogens is 279 g/mol. The summed E-state index contributed by atoms with van der Waals surface area (Å²) in [6, 6.07) is 5.45. The number of pyridine rings is 1. The highest BCUT2D eigenvalue weighted by Gasteiger charge is 2.52. The summed E-state index contributed by atoms with van der Waals surface area (Å²) in [5.41, 5.74) is 1.25. The summed E-state index contributed by atoms with van der Waals surface area (Å²) in [6.07, 6.45) is 5.19. The molecule has 1 fully saturated rings. The van der Waals surface area contributed by atoms with Gasteiger partial charge in [0, 0.05) is 17.9 Å². The first-order valence-electron chi connectivity index (χ1n) is 7.09. The molecule has 0 aromatic carbocycles. The fourth-order valence-corrected chi connectivity index (χ4v) is 2.17. The van der Waals surface area contributed by atoms with Gasteiger partial charge in [-0.3, -0.25) is 0 Å². The topological polar surface area (TPSA) is 73.0 Å². The fourth-order valence-electron chi connectivity index (χ4n) is 2.17. The van der Waals surface area contributed by atoms with Crippen LogP contribution in [0.25, 0.3) is 5.69 Å². The minimum Gasteiger partial charge on any atom is -0.399 e. The van der Waals surface area contributed by atoms with E-state index in [1.165, 1.54) is 0 Å². The van der Waals surface area contributed by atoms with Crippen LogP contribution < -0.4 is 5.46 Å². The fraction of sp³-hybridized carbons (Fsp3) is 0.400. The average molecular weight is 296 g/mol. The van der Waals surface area contributed by atoms with Crippen molar-refractivity contribution in [1.29, 1.82) is 5.26 Å². The second kappa shape index (κ2) is 4.94. The van der Waals surface area contributed by atoms with Gasteiger partial charge in [0.2, 0.25) is 0 Å². The Morgan fingerprint density at radius 1 is 1.14 bits per heavy atom. The van der Waals surface area contributed by atoms with Crippen molar-refractivity contribution in [2.24, 2.45) is 0 Å². The van der Waals surface area contributed by atoms with Crippen molar-refractivity contribution < 1.29 is 9.31 Å². The minimum absolute atomic E-state index is 0.377. The number of hydrogen-bond donors (Lipinski definition) is 0. The van der Waals surface area contributed by atoms with Gasteiger partial charge in [-0.1, -0.05) is 0 Å². The molecule has 0 atom stereocenters. The van der Waals surface area contributed by atoms with Crippen molar-refractivity contribution in [2.45, 2.75) is 38.9 Å². The van der Waals surface area contributed by atoms with Crippen LogP contribution >= 0.6 is 0 Å². The van der Waals surface area contributed by atoms with Crippen molar-refractivity contribution >= 4 is 12.6 Å². The third kappa shape index (κ3) is 2.41. The molecule has 2 aromatic rings. The monoisotopic (exact) mass is 296 g/mol. The smallest absolute Gasteiger partial charge is 0.399 e. The SMILES string of the molecule is CC1(C)OB(c2cnn(-c3ccc(C#N)nc3)c2)OC1(C)C. The van der Waals surface area contributed by atoms with Gasteiger partial charge in [0.1, 0.15) is 11.8 Å². The van der Waals surface area contributed by atoms with Gasteiger partial charge in [-0.05, 0) is 39.8 Å². The highest BCUT2D eigenvalue weighted by molar-refractivity contribution is 6.62. The number of hydrogen-bond acceptors (Lipinski definition) is 5. The summed E-state index contributed by atoms with van der Waals surface area (Å²) in [7, 11) is -0.440. The molecule has 1 saturated heterocycles. The third-order valence-corrected chi connectivity index (χ3v) is 4.25. The number of rotatable bonds is 2. The quantitative estimate of drug-likeness (QED) is 0.784. The molecule has 0 spiro atoms. The first kappa shape index (κ1) is 14.8. The molecule has 0 aliphatic carbocycles. The maximum absolute atomic E-state index is 8.78. The molecule has 1 aliphatic heterocycles. The number of nitrogens with zero attached hydrogens (tertiary/aromatic N) is 4. The van der Waals surface area contributed by atoms with Crippen LogP contribution in [0.4, 0.5) is 0 Å². The Balaban J connectivity index is 1.84. The van der Waals surface area contributed by atoms with E-state index in [9.17, 15) is 0 Å². The van der Waals surface area contributed by atoms with Gasteiger partial charge in [-0.15, -0.1) is 0 Å². The summed E-state index contributed by atoms with van der Waals surface area (Å²) < 4.78 is 13.7. The van der Waals surface area contributed by atoms with E-state index in [-0.39, 0.29) is 11.2 Å². The molecule has 3 heterocycles. The van der Waals surface area contributed by atoms with Gasteiger partial charge >= 0.3 is 7.12 Å². The molecule has 0 amide bonds. The van der Waals surface area contributed by atoms with Crippen LogP contribution in [0.2, 0.25) is 0 Å². The van der Waals surface area contributed by atoms with Crippen molar-refractivity contribution in [1.82, 2.24) is 14.8 Å². The second-order valence-corrected chi connectivity index (χ2v) is 6.32. The van der Waals surface area contributed by atoms with Crippen LogP contribution in [0.15, 0.2) is 30.7 Å². The lowest BCUT2D eigenvalue weighted by Crippen LogP contribution is -2.41. The Hall–Kier alpha value is -2.17. The molecule has 6 nitrogen and oxygen atoms in total. The predicted octanol–water partition coefficient (Wildman–Crippen LogP) is 1.44. The molecule has 112 valence electrons. The van der Waals surface area contributed by atoms with Gasteiger partial charge in [-0.2, -0.15) is 10.4 Å². The minimum atomic E-state index is -0.440. The van der Waals surface area contributed by atoms with Gasteiger partial charge in [0.25, 0.3) is 0 Å². The molecule has 0 unspecified atom stereocenters. The molecule has 0 bridgehead atoms. The Bertz CT molecular complexity index is 715. The van der Waals surface area contributed by atoms with Gasteiger partial charge in [-0.25, -0.2) is 9.67 Å². The summed E-state index contributed by atoms with van der Waals surface area (Å²) in [6.45, 7) is 8.06. The standard InChI is InChI=1S/C15H17BN4O2/c1-14(2)15(3,4)22-16(21-14)11-8-19-20(10-11)13-6-5-12(7-17)18-9-13/h5-6,8-10H,1-4H3. The Labute approximate surface area is 129 Å². The van der Waals surface area contributed by atoms with E-state index in [0.717, 1.165) is 11.2 Å². The molecule has 0 saturated carbocycles. The van der Waals surface area contributed by atoms with E-state index in [1.807, 2.05) is 40.0 Å². The molecule has 0 radical (unpaired) electrons. The van der Waals surface area contributed by atoms with Gasteiger partial charge in [0.15, 0.2) is 0 Å². The zero-order valence-electron chi connectivity index (χ0n) is 13.1. The van der Waals surface area contributed by atoms with Crippen molar-refractivity contribution in [3.63, 3.8) is 0 Å². The van der Waals surface area contributed by atoms with E-state index < -0.39 is 7.12 Å². The maximum atomic E-state index is 8.78. The Morgan fingerprint density at radius 2 is 1.82 bits per heavy atom. The average Bonchev–Trinajstić information content (AvgIpc) is 3.03. The van der Waals surface area contributed by atoms with E-state index in [0.29, 0.717) is 5.69 Å². The van der Waals surface area contributed by atoms with Crippen molar-refractivity contribution in [3.8, 4) is 11.8 Å². The molecular formula is C15H17BN4O2. The summed E-state index contributed by atoms with van der Waals surface area (Å²) in [4.78, 5) is 4.04. The lowest BCUT2D eigenvalue weighted by molar-refractivity contribution is 0.00578. The first-order chi connectivity index (χ1) is 10.3. The van der Waals surface area contributed by atoms with Crippen LogP contribution in [0.3, 0.4) is 0 Å². The predicted molar refractivity (Wildman–Crippen MR) is 81.8 cm³/mol. The summed E-state index contributed by atoms with van der Waals surface area (Å²) in [5.74, 6) is 0. The zero-order valence-corrected chi connectivity index (χ0v) is 13.1. The highest BCUT2D eigenvalue weighted by atomic mass is 16.7. The van der Waals surface area contributed by atoms with Crippen molar-refractivity contribution in [2.75, 3.05) is 0 Å². The van der Waals surface area contributed by atoms with Crippen molar-refractivity contribution in [3.05, 3.63) is 36.4 Å². The lowest BCUT2D eigenvalue weighted by Gasteiger charge is -2.32. The van der Waals surface area contributed by atoms with Gasteiger partial charge in [0.05, 0.1) is 23.1 Å². The van der Waals surface area contributed by atoms with E-state index in [4.69, 9.17) is 14.6 Å². The molecule has 3 rings (SSSR count). The van der Waals surface area contributed by atoms with Crippen LogP contribution in [0, 0.1) is 11.3 Å². The third-order valence-electron chi connectivity index (χ3n) is 4.25. The number of aromatic nitrogens is 3. The highest BCUT2D eigenvalue weighted by Crippen LogP contribution is 2.36. The zero-order chi connectivity index (χ0) is 16.0. The number of nitriles is 1. The lowest BCUT2D eigenvalue weighted by atomic mass is 9.82. The summed E-state index contributed by atoms with van der Waals surface area (Å²) in [5, 5.41) is 13.1. The Kier molecular flexibility index (Phi) is 3.31. The first-order valence-corrected chi connectivity index (χ1v) is 7.09. The van der Waals surface area contributed by atoms with Crippen LogP contribution in [-0.2, 0) is 9.31 Å². The molecule has 2 aromatic heterocycles. The maximum Gasteiger partial charge on any atom is 0.498 e. The largest absolute Gasteiger partial charge is 0.498 e. The molecule has 1 aliphatic rings. The molecule has 7 heteroatoms.